The Kier molecular flexibility index (Phi) is 10.4. The largest absolute Gasteiger partial charge is 0.478 e. The number of carbonyl (C=O) groups excluding carboxylic acids is 2. The molecule has 0 aliphatic heterocycles. The fourth-order valence-electron chi connectivity index (χ4n) is 4.64. The molecular formula is C36H36N2O7. The molecule has 0 fully saturated rings. The second kappa shape index (κ2) is 14.4. The topological polar surface area (TPSA) is 142 Å². The molecule has 45 heavy (non-hydrogen) atoms. The molecule has 9 nitrogen and oxygen atoms in total. The molecule has 4 rings (SSSR count). The van der Waals surface area contributed by atoms with Crippen LogP contribution in [0.15, 0.2) is 84.9 Å². The lowest BCUT2D eigenvalue weighted by atomic mass is 9.95. The zero-order valence-electron chi connectivity index (χ0n) is 25.6. The molecule has 0 aromatic heterocycles. The molecule has 4 N–H and O–H groups in total. The summed E-state index contributed by atoms with van der Waals surface area (Å²) in [6.07, 6.45) is 1.70. The van der Waals surface area contributed by atoms with E-state index in [-0.39, 0.29) is 28.3 Å². The van der Waals surface area contributed by atoms with E-state index in [4.69, 9.17) is 4.74 Å². The number of hydrogen-bond donors (Lipinski definition) is 4. The number of ether oxygens (including phenoxy) is 1. The van der Waals surface area contributed by atoms with Gasteiger partial charge in [-0.05, 0) is 103 Å². The molecule has 4 aromatic carbocycles. The lowest BCUT2D eigenvalue weighted by molar-refractivity contribution is 0.0683. The van der Waals surface area contributed by atoms with Gasteiger partial charge in [0.2, 0.25) is 0 Å². The average Bonchev–Trinajstić information content (AvgIpc) is 3.04. The molecule has 0 bridgehead atoms. The van der Waals surface area contributed by atoms with Crippen LogP contribution in [0, 0.1) is 0 Å². The highest BCUT2D eigenvalue weighted by Gasteiger charge is 2.21. The van der Waals surface area contributed by atoms with E-state index in [9.17, 15) is 29.4 Å². The number of amides is 2. The summed E-state index contributed by atoms with van der Waals surface area (Å²) in [7, 11) is 0. The minimum atomic E-state index is -1.29. The lowest BCUT2D eigenvalue weighted by Gasteiger charge is -2.15. The first-order chi connectivity index (χ1) is 21.5. The quantitative estimate of drug-likeness (QED) is 0.128. The summed E-state index contributed by atoms with van der Waals surface area (Å²) in [5, 5.41) is 24.9. The number of benzene rings is 4. The van der Waals surface area contributed by atoms with E-state index in [1.54, 1.807) is 24.3 Å². The van der Waals surface area contributed by atoms with Crippen molar-refractivity contribution in [1.82, 2.24) is 5.32 Å². The van der Waals surface area contributed by atoms with Crippen LogP contribution in [0.25, 0.3) is 11.1 Å². The van der Waals surface area contributed by atoms with Gasteiger partial charge in [0.1, 0.15) is 11.5 Å². The van der Waals surface area contributed by atoms with Crippen molar-refractivity contribution in [2.24, 2.45) is 0 Å². The molecule has 2 amide bonds. The molecule has 0 saturated carbocycles. The van der Waals surface area contributed by atoms with Crippen LogP contribution in [0.4, 0.5) is 5.69 Å². The summed E-state index contributed by atoms with van der Waals surface area (Å²) in [5.41, 5.74) is 2.01. The minimum Gasteiger partial charge on any atom is -0.478 e. The van der Waals surface area contributed by atoms with Gasteiger partial charge in [0.05, 0.1) is 22.3 Å². The van der Waals surface area contributed by atoms with Crippen molar-refractivity contribution in [3.8, 4) is 22.6 Å². The van der Waals surface area contributed by atoms with E-state index in [2.05, 4.69) is 24.5 Å². The Morgan fingerprint density at radius 1 is 0.644 bits per heavy atom. The summed E-state index contributed by atoms with van der Waals surface area (Å²) in [4.78, 5) is 50.0. The number of carboxylic acids is 2. The number of rotatable bonds is 12. The van der Waals surface area contributed by atoms with Gasteiger partial charge < -0.3 is 25.6 Å². The molecule has 0 spiro atoms. The van der Waals surface area contributed by atoms with Crippen LogP contribution in [0.1, 0.15) is 93.4 Å². The summed E-state index contributed by atoms with van der Waals surface area (Å²) in [5.74, 6) is -2.04. The third kappa shape index (κ3) is 7.94. The summed E-state index contributed by atoms with van der Waals surface area (Å²) < 4.78 is 5.93. The first-order valence-electron chi connectivity index (χ1n) is 14.8. The van der Waals surface area contributed by atoms with Crippen molar-refractivity contribution in [3.63, 3.8) is 0 Å². The Hall–Kier alpha value is -5.44. The van der Waals surface area contributed by atoms with Crippen LogP contribution in [0.3, 0.4) is 0 Å². The third-order valence-electron chi connectivity index (χ3n) is 7.72. The van der Waals surface area contributed by atoms with Gasteiger partial charge in [0.15, 0.2) is 0 Å². The molecule has 9 heteroatoms. The Morgan fingerprint density at radius 3 is 1.60 bits per heavy atom. The highest BCUT2D eigenvalue weighted by molar-refractivity contribution is 6.11. The van der Waals surface area contributed by atoms with E-state index in [1.807, 2.05) is 38.1 Å². The molecule has 0 aliphatic rings. The van der Waals surface area contributed by atoms with Crippen LogP contribution in [0.5, 0.6) is 11.5 Å². The number of carboxylic acid groups (broad SMARTS) is 2. The number of hydrogen-bond acceptors (Lipinski definition) is 5. The molecule has 2 unspecified atom stereocenters. The lowest BCUT2D eigenvalue weighted by Crippen LogP contribution is -2.33. The summed E-state index contributed by atoms with van der Waals surface area (Å²) in [6.45, 7) is 8.02. The molecule has 0 heterocycles. The summed E-state index contributed by atoms with van der Waals surface area (Å²) in [6, 6.07) is 22.9. The van der Waals surface area contributed by atoms with E-state index in [0.29, 0.717) is 40.7 Å². The average molecular weight is 609 g/mol. The zero-order chi connectivity index (χ0) is 32.7. The third-order valence-corrected chi connectivity index (χ3v) is 7.72. The van der Waals surface area contributed by atoms with Crippen molar-refractivity contribution in [2.75, 3.05) is 5.32 Å². The van der Waals surface area contributed by atoms with E-state index >= 15 is 0 Å². The minimum absolute atomic E-state index is 0.0395. The van der Waals surface area contributed by atoms with Gasteiger partial charge in [-0.1, -0.05) is 45.0 Å². The second-order valence-electron chi connectivity index (χ2n) is 10.9. The Balaban J connectivity index is 1.57. The van der Waals surface area contributed by atoms with Crippen molar-refractivity contribution in [2.45, 2.75) is 52.5 Å². The Morgan fingerprint density at radius 2 is 1.13 bits per heavy atom. The number of carbonyl (C=O) groups is 4. The highest BCUT2D eigenvalue weighted by atomic mass is 16.5. The van der Waals surface area contributed by atoms with Gasteiger partial charge in [0, 0.05) is 11.7 Å². The SMILES string of the molecule is CCC(C)NC(=O)c1cc(-c2ccc(C(=O)O)c(C(=O)Nc3ccc(Oc4ccc(C(C)CC)cc4)cc3)c2)ccc1C(=O)O. The number of nitrogens with one attached hydrogen (secondary N) is 2. The maximum absolute atomic E-state index is 13.3. The van der Waals surface area contributed by atoms with Crippen molar-refractivity contribution in [1.29, 1.82) is 0 Å². The Bertz CT molecular complexity index is 1710. The first kappa shape index (κ1) is 32.5. The predicted octanol–water partition coefficient (Wildman–Crippen LogP) is 7.84. The molecule has 4 aromatic rings. The smallest absolute Gasteiger partial charge is 0.336 e. The predicted molar refractivity (Wildman–Crippen MR) is 173 cm³/mol. The van der Waals surface area contributed by atoms with Gasteiger partial charge in [0.25, 0.3) is 11.8 Å². The van der Waals surface area contributed by atoms with Crippen LogP contribution >= 0.6 is 0 Å². The fourth-order valence-corrected chi connectivity index (χ4v) is 4.64. The van der Waals surface area contributed by atoms with Crippen molar-refractivity contribution >= 4 is 29.4 Å². The molecular weight excluding hydrogens is 572 g/mol. The van der Waals surface area contributed by atoms with Gasteiger partial charge in [-0.3, -0.25) is 9.59 Å². The van der Waals surface area contributed by atoms with Crippen molar-refractivity contribution in [3.05, 3.63) is 113 Å². The van der Waals surface area contributed by atoms with E-state index < -0.39 is 23.8 Å². The van der Waals surface area contributed by atoms with Crippen LogP contribution in [-0.2, 0) is 0 Å². The van der Waals surface area contributed by atoms with Crippen molar-refractivity contribution < 1.29 is 34.1 Å². The van der Waals surface area contributed by atoms with Gasteiger partial charge in [-0.25, -0.2) is 9.59 Å². The van der Waals surface area contributed by atoms with E-state index in [0.717, 1.165) is 6.42 Å². The fraction of sp³-hybridized carbons (Fsp3) is 0.222. The zero-order valence-corrected chi connectivity index (χ0v) is 25.6. The van der Waals surface area contributed by atoms with Crippen LogP contribution < -0.4 is 15.4 Å². The maximum Gasteiger partial charge on any atom is 0.336 e. The number of anilines is 1. The number of aromatic carboxylic acids is 2. The highest BCUT2D eigenvalue weighted by Crippen LogP contribution is 2.28. The van der Waals surface area contributed by atoms with Gasteiger partial charge in [-0.15, -0.1) is 0 Å². The van der Waals surface area contributed by atoms with Gasteiger partial charge >= 0.3 is 11.9 Å². The monoisotopic (exact) mass is 608 g/mol. The van der Waals surface area contributed by atoms with Crippen LogP contribution in [0.2, 0.25) is 0 Å². The van der Waals surface area contributed by atoms with Crippen LogP contribution in [-0.4, -0.2) is 40.0 Å². The molecule has 232 valence electrons. The molecule has 2 atom stereocenters. The molecule has 0 aliphatic carbocycles. The summed E-state index contributed by atoms with van der Waals surface area (Å²) >= 11 is 0. The second-order valence-corrected chi connectivity index (χ2v) is 10.9. The Labute approximate surface area is 261 Å². The first-order valence-corrected chi connectivity index (χ1v) is 14.8. The van der Waals surface area contributed by atoms with Gasteiger partial charge in [-0.2, -0.15) is 0 Å². The normalized spacial score (nSPS) is 12.1. The molecule has 0 saturated heterocycles. The molecule has 0 radical (unpaired) electrons. The standard InChI is InChI=1S/C36H36N2O7/c1-5-21(3)23-7-13-27(14-8-23)45-28-15-11-26(12-16-28)38-34(40)32-20-25(10-18-30(32)36(43)44)24-9-17-29(35(41)42)31(19-24)33(39)37-22(4)6-2/h7-22H,5-6H2,1-4H3,(H,37,39)(H,38,40)(H,41,42)(H,43,44). The maximum atomic E-state index is 13.3. The van der Waals surface area contributed by atoms with E-state index in [1.165, 1.54) is 42.0 Å².